The predicted octanol–water partition coefficient (Wildman–Crippen LogP) is 4.07. The van der Waals surface area contributed by atoms with Crippen LogP contribution in [-0.4, -0.2) is 25.5 Å². The maximum Gasteiger partial charge on any atom is 0.137 e. The van der Waals surface area contributed by atoms with Crippen LogP contribution in [0.15, 0.2) is 63.6 Å². The first-order chi connectivity index (χ1) is 11.6. The molecule has 0 amide bonds. The largest absolute Gasteiger partial charge is 0.468 e. The highest BCUT2D eigenvalue weighted by Crippen LogP contribution is 2.25. The van der Waals surface area contributed by atoms with Crippen LogP contribution >= 0.6 is 0 Å². The van der Waals surface area contributed by atoms with Crippen LogP contribution in [0.1, 0.15) is 17.6 Å². The van der Waals surface area contributed by atoms with Gasteiger partial charge in [-0.15, -0.1) is 0 Å². The summed E-state index contributed by atoms with van der Waals surface area (Å²) in [5, 5.41) is 3.36. The first-order valence-electron chi connectivity index (χ1n) is 7.89. The molecule has 3 aromatic rings. The second-order valence-electron chi connectivity index (χ2n) is 5.87. The van der Waals surface area contributed by atoms with Crippen LogP contribution in [0.3, 0.4) is 0 Å². The van der Waals surface area contributed by atoms with Crippen LogP contribution in [0, 0.1) is 5.82 Å². The molecule has 3 rings (SSSR count). The van der Waals surface area contributed by atoms with E-state index in [4.69, 9.17) is 8.83 Å². The third kappa shape index (κ3) is 3.75. The Kier molecular flexibility index (Phi) is 5.13. The quantitative estimate of drug-likeness (QED) is 0.710. The molecular formula is C19H21FN2O2. The van der Waals surface area contributed by atoms with Crippen LogP contribution in [0.25, 0.3) is 11.3 Å². The SMILES string of the molecule is CN(C)[C@H](CNCc1ccc(-c2ccccc2F)o1)c1ccco1. The lowest BCUT2D eigenvalue weighted by Crippen LogP contribution is -2.30. The monoisotopic (exact) mass is 328 g/mol. The van der Waals surface area contributed by atoms with Crippen molar-refractivity contribution in [3.05, 3.63) is 72.1 Å². The van der Waals surface area contributed by atoms with Gasteiger partial charge in [0.05, 0.1) is 24.4 Å². The first kappa shape index (κ1) is 16.5. The molecule has 0 aliphatic heterocycles. The van der Waals surface area contributed by atoms with E-state index in [9.17, 15) is 4.39 Å². The molecule has 0 saturated carbocycles. The smallest absolute Gasteiger partial charge is 0.137 e. The highest BCUT2D eigenvalue weighted by Gasteiger charge is 2.16. The van der Waals surface area contributed by atoms with Crippen molar-refractivity contribution in [2.75, 3.05) is 20.6 Å². The van der Waals surface area contributed by atoms with Gasteiger partial charge in [-0.2, -0.15) is 0 Å². The summed E-state index contributed by atoms with van der Waals surface area (Å²) in [6, 6.07) is 14.3. The summed E-state index contributed by atoms with van der Waals surface area (Å²) in [6.07, 6.45) is 1.68. The van der Waals surface area contributed by atoms with E-state index in [0.717, 1.165) is 18.1 Å². The van der Waals surface area contributed by atoms with Gasteiger partial charge in [-0.3, -0.25) is 4.90 Å². The fourth-order valence-electron chi connectivity index (χ4n) is 2.63. The molecule has 5 heteroatoms. The first-order valence-corrected chi connectivity index (χ1v) is 7.89. The van der Waals surface area contributed by atoms with Gasteiger partial charge in [0, 0.05) is 6.54 Å². The lowest BCUT2D eigenvalue weighted by molar-refractivity contribution is 0.248. The highest BCUT2D eigenvalue weighted by molar-refractivity contribution is 5.58. The molecule has 0 fully saturated rings. The Hall–Kier alpha value is -2.37. The van der Waals surface area contributed by atoms with Crippen molar-refractivity contribution < 1.29 is 13.2 Å². The molecular weight excluding hydrogens is 307 g/mol. The van der Waals surface area contributed by atoms with Gasteiger partial charge in [0.25, 0.3) is 0 Å². The van der Waals surface area contributed by atoms with Gasteiger partial charge in [0.2, 0.25) is 0 Å². The van der Waals surface area contributed by atoms with Gasteiger partial charge in [0.1, 0.15) is 23.1 Å². The summed E-state index contributed by atoms with van der Waals surface area (Å²) in [5.41, 5.74) is 0.477. The van der Waals surface area contributed by atoms with Gasteiger partial charge in [0.15, 0.2) is 0 Å². The Morgan fingerprint density at radius 2 is 1.92 bits per heavy atom. The van der Waals surface area contributed by atoms with Crippen LogP contribution in [0.5, 0.6) is 0 Å². The van der Waals surface area contributed by atoms with Crippen LogP contribution < -0.4 is 5.32 Å². The zero-order chi connectivity index (χ0) is 16.9. The van der Waals surface area contributed by atoms with Crippen molar-refractivity contribution in [1.29, 1.82) is 0 Å². The number of nitrogens with zero attached hydrogens (tertiary/aromatic N) is 1. The fraction of sp³-hybridized carbons (Fsp3) is 0.263. The molecule has 4 nitrogen and oxygen atoms in total. The molecule has 24 heavy (non-hydrogen) atoms. The Morgan fingerprint density at radius 1 is 1.08 bits per heavy atom. The number of likely N-dealkylation sites (N-methyl/N-ethyl adjacent to an activating group) is 1. The van der Waals surface area contributed by atoms with E-state index in [1.165, 1.54) is 6.07 Å². The molecule has 2 aromatic heterocycles. The van der Waals surface area contributed by atoms with Gasteiger partial charge in [-0.05, 0) is 50.5 Å². The topological polar surface area (TPSA) is 41.5 Å². The van der Waals surface area contributed by atoms with Gasteiger partial charge in [-0.25, -0.2) is 4.39 Å². The molecule has 1 atom stereocenters. The van der Waals surface area contributed by atoms with Crippen molar-refractivity contribution in [2.45, 2.75) is 12.6 Å². The average Bonchev–Trinajstić information content (AvgIpc) is 3.23. The summed E-state index contributed by atoms with van der Waals surface area (Å²) < 4.78 is 25.0. The second kappa shape index (κ2) is 7.47. The molecule has 0 saturated heterocycles. The van der Waals surface area contributed by atoms with Crippen molar-refractivity contribution in [1.82, 2.24) is 10.2 Å². The highest BCUT2D eigenvalue weighted by atomic mass is 19.1. The number of benzene rings is 1. The summed E-state index contributed by atoms with van der Waals surface area (Å²) in [7, 11) is 4.02. The van der Waals surface area contributed by atoms with Crippen molar-refractivity contribution in [3.63, 3.8) is 0 Å². The third-order valence-electron chi connectivity index (χ3n) is 3.93. The standard InChI is InChI=1S/C19H21FN2O2/c1-22(2)17(19-8-5-11-23-19)13-21-12-14-9-10-18(24-14)15-6-3-4-7-16(15)20/h3-11,17,21H,12-13H2,1-2H3/t17-/m1/s1. The van der Waals surface area contributed by atoms with E-state index in [2.05, 4.69) is 10.2 Å². The summed E-state index contributed by atoms with van der Waals surface area (Å²) in [6.45, 7) is 1.29. The Labute approximate surface area is 140 Å². The number of nitrogens with one attached hydrogen (secondary N) is 1. The molecule has 1 N–H and O–H groups in total. The molecule has 0 spiro atoms. The summed E-state index contributed by atoms with van der Waals surface area (Å²) in [4.78, 5) is 2.10. The van der Waals surface area contributed by atoms with E-state index < -0.39 is 0 Å². The molecule has 0 aliphatic carbocycles. The number of hydrogen-bond acceptors (Lipinski definition) is 4. The minimum Gasteiger partial charge on any atom is -0.468 e. The van der Waals surface area contributed by atoms with E-state index in [1.807, 2.05) is 32.3 Å². The summed E-state index contributed by atoms with van der Waals surface area (Å²) >= 11 is 0. The van der Waals surface area contributed by atoms with Crippen molar-refractivity contribution >= 4 is 0 Å². The molecule has 2 heterocycles. The maximum atomic E-state index is 13.8. The normalized spacial score (nSPS) is 12.7. The fourth-order valence-corrected chi connectivity index (χ4v) is 2.63. The zero-order valence-corrected chi connectivity index (χ0v) is 13.8. The third-order valence-corrected chi connectivity index (χ3v) is 3.93. The van der Waals surface area contributed by atoms with Gasteiger partial charge in [-0.1, -0.05) is 12.1 Å². The van der Waals surface area contributed by atoms with Crippen molar-refractivity contribution in [3.8, 4) is 11.3 Å². The van der Waals surface area contributed by atoms with Crippen LogP contribution in [0.2, 0.25) is 0 Å². The molecule has 0 bridgehead atoms. The van der Waals surface area contributed by atoms with Crippen LogP contribution in [0.4, 0.5) is 4.39 Å². The zero-order valence-electron chi connectivity index (χ0n) is 13.8. The number of rotatable bonds is 7. The number of halogens is 1. The Bertz CT molecular complexity index is 765. The van der Waals surface area contributed by atoms with E-state index in [0.29, 0.717) is 17.9 Å². The minimum atomic E-state index is -0.281. The van der Waals surface area contributed by atoms with E-state index in [-0.39, 0.29) is 11.9 Å². The van der Waals surface area contributed by atoms with Gasteiger partial charge >= 0.3 is 0 Å². The van der Waals surface area contributed by atoms with Crippen molar-refractivity contribution in [2.24, 2.45) is 0 Å². The molecule has 0 aliphatic rings. The Morgan fingerprint density at radius 3 is 2.62 bits per heavy atom. The molecule has 0 unspecified atom stereocenters. The number of furan rings is 2. The lowest BCUT2D eigenvalue weighted by atomic mass is 10.1. The van der Waals surface area contributed by atoms with E-state index >= 15 is 0 Å². The molecule has 1 aromatic carbocycles. The second-order valence-corrected chi connectivity index (χ2v) is 5.87. The number of hydrogen-bond donors (Lipinski definition) is 1. The Balaban J connectivity index is 1.60. The molecule has 126 valence electrons. The average molecular weight is 328 g/mol. The maximum absolute atomic E-state index is 13.8. The predicted molar refractivity (Wildman–Crippen MR) is 90.9 cm³/mol. The lowest BCUT2D eigenvalue weighted by Gasteiger charge is -2.22. The van der Waals surface area contributed by atoms with Crippen LogP contribution in [-0.2, 0) is 6.54 Å². The van der Waals surface area contributed by atoms with E-state index in [1.54, 1.807) is 30.5 Å². The minimum absolute atomic E-state index is 0.140. The molecule has 0 radical (unpaired) electrons. The summed E-state index contributed by atoms with van der Waals surface area (Å²) in [5.74, 6) is 1.95. The van der Waals surface area contributed by atoms with Gasteiger partial charge < -0.3 is 14.2 Å².